The Morgan fingerprint density at radius 2 is 1.95 bits per heavy atom. The average molecular weight is 347 g/mol. The minimum atomic E-state index is -0.0497. The number of amides is 1. The van der Waals surface area contributed by atoms with Crippen LogP contribution in [0, 0.1) is 6.92 Å². The summed E-state index contributed by atoms with van der Waals surface area (Å²) in [6.07, 6.45) is 0. The van der Waals surface area contributed by atoms with E-state index in [1.54, 1.807) is 0 Å². The van der Waals surface area contributed by atoms with Crippen LogP contribution >= 0.6 is 15.9 Å². The summed E-state index contributed by atoms with van der Waals surface area (Å²) < 4.78 is 1.00. The predicted octanol–water partition coefficient (Wildman–Crippen LogP) is 4.12. The van der Waals surface area contributed by atoms with Crippen LogP contribution in [0.5, 0.6) is 0 Å². The van der Waals surface area contributed by atoms with Gasteiger partial charge in [-0.3, -0.25) is 4.79 Å². The molecule has 3 nitrogen and oxygen atoms in total. The largest absolute Gasteiger partial charge is 0.385 e. The predicted molar refractivity (Wildman–Crippen MR) is 90.7 cm³/mol. The van der Waals surface area contributed by atoms with Gasteiger partial charge in [-0.2, -0.15) is 0 Å². The van der Waals surface area contributed by atoms with Crippen molar-refractivity contribution in [2.24, 2.45) is 0 Å². The lowest BCUT2D eigenvalue weighted by Crippen LogP contribution is -2.23. The number of carbonyl (C=O) groups excluding carboxylic acids is 1. The maximum Gasteiger partial charge on any atom is 0.251 e. The molecule has 110 valence electrons. The van der Waals surface area contributed by atoms with Crippen LogP contribution in [0.4, 0.5) is 5.69 Å². The summed E-state index contributed by atoms with van der Waals surface area (Å²) in [5, 5.41) is 6.20. The van der Waals surface area contributed by atoms with Crippen molar-refractivity contribution in [3.63, 3.8) is 0 Å². The van der Waals surface area contributed by atoms with Crippen molar-refractivity contribution in [2.45, 2.75) is 20.4 Å². The Bertz CT molecular complexity index is 640. The Kier molecular flexibility index (Phi) is 5.39. The van der Waals surface area contributed by atoms with Crippen molar-refractivity contribution in [3.05, 3.63) is 63.6 Å². The van der Waals surface area contributed by atoms with E-state index in [9.17, 15) is 4.79 Å². The number of hydrogen-bond acceptors (Lipinski definition) is 2. The second kappa shape index (κ2) is 7.27. The van der Waals surface area contributed by atoms with Crippen molar-refractivity contribution < 1.29 is 4.79 Å². The Balaban J connectivity index is 2.05. The van der Waals surface area contributed by atoms with Gasteiger partial charge in [0.25, 0.3) is 5.91 Å². The summed E-state index contributed by atoms with van der Waals surface area (Å²) in [6.45, 7) is 5.38. The van der Waals surface area contributed by atoms with E-state index in [1.165, 1.54) is 0 Å². The summed E-state index contributed by atoms with van der Waals surface area (Å²) in [5.41, 5.74) is 3.78. The number of anilines is 1. The van der Waals surface area contributed by atoms with Gasteiger partial charge in [0.2, 0.25) is 0 Å². The molecule has 2 N–H and O–H groups in total. The topological polar surface area (TPSA) is 41.1 Å². The number of rotatable bonds is 5. The van der Waals surface area contributed by atoms with Gasteiger partial charge in [-0.15, -0.1) is 0 Å². The van der Waals surface area contributed by atoms with Crippen molar-refractivity contribution in [2.75, 3.05) is 11.9 Å². The van der Waals surface area contributed by atoms with Gasteiger partial charge < -0.3 is 10.6 Å². The molecule has 0 spiro atoms. The first-order valence-corrected chi connectivity index (χ1v) is 7.77. The molecule has 0 fully saturated rings. The molecule has 0 saturated carbocycles. The third-order valence-electron chi connectivity index (χ3n) is 3.25. The van der Waals surface area contributed by atoms with E-state index in [2.05, 4.69) is 26.6 Å². The Hall–Kier alpha value is -1.81. The Morgan fingerprint density at radius 3 is 2.62 bits per heavy atom. The van der Waals surface area contributed by atoms with Gasteiger partial charge in [0.05, 0.1) is 0 Å². The molecule has 1 amide bonds. The molecule has 2 rings (SSSR count). The number of halogens is 1. The second-order valence-corrected chi connectivity index (χ2v) is 5.69. The zero-order chi connectivity index (χ0) is 15.2. The van der Waals surface area contributed by atoms with Crippen molar-refractivity contribution in [1.82, 2.24) is 5.32 Å². The number of aryl methyl sites for hydroxylation is 1. The molecule has 0 radical (unpaired) electrons. The van der Waals surface area contributed by atoms with Crippen LogP contribution in [0.15, 0.2) is 46.9 Å². The van der Waals surface area contributed by atoms with E-state index < -0.39 is 0 Å². The molecule has 21 heavy (non-hydrogen) atoms. The van der Waals surface area contributed by atoms with Gasteiger partial charge in [-0.05, 0) is 49.2 Å². The molecular weight excluding hydrogens is 328 g/mol. The zero-order valence-corrected chi connectivity index (χ0v) is 13.8. The van der Waals surface area contributed by atoms with E-state index in [4.69, 9.17) is 0 Å². The maximum atomic E-state index is 12.3. The molecule has 0 bridgehead atoms. The molecule has 0 unspecified atom stereocenters. The Labute approximate surface area is 133 Å². The SMILES string of the molecule is CCNc1ccc(C(=O)NCc2ccccc2Br)c(C)c1. The number of hydrogen-bond donors (Lipinski definition) is 2. The van der Waals surface area contributed by atoms with E-state index in [0.717, 1.165) is 27.8 Å². The third kappa shape index (κ3) is 4.08. The van der Waals surface area contributed by atoms with Crippen LogP contribution in [0.2, 0.25) is 0 Å². The van der Waals surface area contributed by atoms with Crippen LogP contribution in [0.25, 0.3) is 0 Å². The lowest BCUT2D eigenvalue weighted by molar-refractivity contribution is 0.0950. The summed E-state index contributed by atoms with van der Waals surface area (Å²) in [6, 6.07) is 13.7. The molecule has 0 heterocycles. The number of carbonyl (C=O) groups is 1. The smallest absolute Gasteiger partial charge is 0.251 e. The fourth-order valence-electron chi connectivity index (χ4n) is 2.15. The molecule has 2 aromatic carbocycles. The molecular formula is C17H19BrN2O. The lowest BCUT2D eigenvalue weighted by atomic mass is 10.1. The Morgan fingerprint density at radius 1 is 1.19 bits per heavy atom. The molecule has 0 aliphatic carbocycles. The van der Waals surface area contributed by atoms with Gasteiger partial charge in [-0.1, -0.05) is 34.1 Å². The highest BCUT2D eigenvalue weighted by atomic mass is 79.9. The normalized spacial score (nSPS) is 10.2. The van der Waals surface area contributed by atoms with E-state index >= 15 is 0 Å². The highest BCUT2D eigenvalue weighted by Crippen LogP contribution is 2.17. The molecule has 0 saturated heterocycles. The standard InChI is InChI=1S/C17H19BrN2O/c1-3-19-14-8-9-15(12(2)10-14)17(21)20-11-13-6-4-5-7-16(13)18/h4-10,19H,3,11H2,1-2H3,(H,20,21). The van der Waals surface area contributed by atoms with Crippen LogP contribution in [-0.4, -0.2) is 12.5 Å². The number of benzene rings is 2. The molecule has 2 aromatic rings. The van der Waals surface area contributed by atoms with Crippen LogP contribution in [0.1, 0.15) is 28.4 Å². The minimum Gasteiger partial charge on any atom is -0.385 e. The van der Waals surface area contributed by atoms with Crippen molar-refractivity contribution in [3.8, 4) is 0 Å². The first-order chi connectivity index (χ1) is 10.1. The minimum absolute atomic E-state index is 0.0497. The molecule has 0 aliphatic rings. The monoisotopic (exact) mass is 346 g/mol. The average Bonchev–Trinajstić information content (AvgIpc) is 2.46. The second-order valence-electron chi connectivity index (χ2n) is 4.83. The van der Waals surface area contributed by atoms with Crippen LogP contribution < -0.4 is 10.6 Å². The van der Waals surface area contributed by atoms with Gasteiger partial charge in [0, 0.05) is 28.8 Å². The molecule has 0 aromatic heterocycles. The quantitative estimate of drug-likeness (QED) is 0.854. The molecule has 0 aliphatic heterocycles. The van der Waals surface area contributed by atoms with E-state index in [-0.39, 0.29) is 5.91 Å². The van der Waals surface area contributed by atoms with Gasteiger partial charge in [0.1, 0.15) is 0 Å². The summed E-state index contributed by atoms with van der Waals surface area (Å²) in [4.78, 5) is 12.3. The van der Waals surface area contributed by atoms with Crippen molar-refractivity contribution in [1.29, 1.82) is 0 Å². The molecule has 0 atom stereocenters. The van der Waals surface area contributed by atoms with Gasteiger partial charge in [0.15, 0.2) is 0 Å². The van der Waals surface area contributed by atoms with Gasteiger partial charge in [-0.25, -0.2) is 0 Å². The third-order valence-corrected chi connectivity index (χ3v) is 4.02. The van der Waals surface area contributed by atoms with Crippen LogP contribution in [0.3, 0.4) is 0 Å². The van der Waals surface area contributed by atoms with Gasteiger partial charge >= 0.3 is 0 Å². The zero-order valence-electron chi connectivity index (χ0n) is 12.2. The fraction of sp³-hybridized carbons (Fsp3) is 0.235. The highest BCUT2D eigenvalue weighted by molar-refractivity contribution is 9.10. The molecule has 4 heteroatoms. The summed E-state index contributed by atoms with van der Waals surface area (Å²) in [7, 11) is 0. The summed E-state index contributed by atoms with van der Waals surface area (Å²) in [5.74, 6) is -0.0497. The highest BCUT2D eigenvalue weighted by Gasteiger charge is 2.09. The lowest BCUT2D eigenvalue weighted by Gasteiger charge is -2.11. The number of nitrogens with one attached hydrogen (secondary N) is 2. The van der Waals surface area contributed by atoms with E-state index in [1.807, 2.05) is 56.3 Å². The first kappa shape index (κ1) is 15.6. The van der Waals surface area contributed by atoms with Crippen molar-refractivity contribution >= 4 is 27.5 Å². The summed E-state index contributed by atoms with van der Waals surface area (Å²) >= 11 is 3.48. The van der Waals surface area contributed by atoms with Crippen LogP contribution in [-0.2, 0) is 6.54 Å². The maximum absolute atomic E-state index is 12.3. The fourth-order valence-corrected chi connectivity index (χ4v) is 2.57. The van der Waals surface area contributed by atoms with E-state index in [0.29, 0.717) is 12.1 Å². The first-order valence-electron chi connectivity index (χ1n) is 6.98.